The van der Waals surface area contributed by atoms with E-state index in [-0.39, 0.29) is 56.4 Å². The van der Waals surface area contributed by atoms with Crippen LogP contribution in [0, 0.1) is 5.92 Å². The number of nitrogens with one attached hydrogen (secondary N) is 6. The van der Waals surface area contributed by atoms with E-state index in [4.69, 9.17) is 23.7 Å². The van der Waals surface area contributed by atoms with Crippen LogP contribution in [0.2, 0.25) is 0 Å². The number of benzene rings is 2. The minimum atomic E-state index is -2.12. The van der Waals surface area contributed by atoms with Crippen molar-refractivity contribution < 1.29 is 102 Å². The van der Waals surface area contributed by atoms with Gasteiger partial charge in [-0.3, -0.25) is 28.8 Å². The summed E-state index contributed by atoms with van der Waals surface area (Å²) in [4.78, 5) is 102. The van der Waals surface area contributed by atoms with E-state index >= 15 is 4.79 Å². The van der Waals surface area contributed by atoms with Gasteiger partial charge in [-0.05, 0) is 58.4 Å². The number of nitrogens with zero attached hydrogens (tertiary/aromatic N) is 2. The molecule has 29 nitrogen and oxygen atoms in total. The Morgan fingerprint density at radius 1 is 0.825 bits per heavy atom. The molecule has 4 heterocycles. The summed E-state index contributed by atoms with van der Waals surface area (Å²) in [5.74, 6) is -8.47. The second-order valence-corrected chi connectivity index (χ2v) is 21.6. The van der Waals surface area contributed by atoms with Crippen molar-refractivity contribution in [2.24, 2.45) is 5.92 Å². The van der Waals surface area contributed by atoms with E-state index < -0.39 is 176 Å². The summed E-state index contributed by atoms with van der Waals surface area (Å²) in [6.07, 6.45) is -13.9. The number of ether oxygens (including phenoxy) is 3. The average molecular weight is 1150 g/mol. The number of carbonyl (C=O) groups is 7. The highest BCUT2D eigenvalue weighted by atomic mass is 32.2. The average Bonchev–Trinajstić information content (AvgIpc) is 4.04. The number of phenols is 1. The fourth-order valence-corrected chi connectivity index (χ4v) is 9.83. The Morgan fingerprint density at radius 2 is 1.49 bits per heavy atom. The van der Waals surface area contributed by atoms with Crippen molar-refractivity contribution >= 4 is 53.9 Å². The molecule has 80 heavy (non-hydrogen) atoms. The zero-order chi connectivity index (χ0) is 58.6. The minimum Gasteiger partial charge on any atom is -0.504 e. The third kappa shape index (κ3) is 17.0. The van der Waals surface area contributed by atoms with Gasteiger partial charge in [-0.15, -0.1) is 0 Å². The molecule has 0 saturated carbocycles. The van der Waals surface area contributed by atoms with Crippen LogP contribution in [-0.4, -0.2) is 216 Å². The summed E-state index contributed by atoms with van der Waals surface area (Å²) < 4.78 is 26.5. The Hall–Kier alpha value is -6.00. The Morgan fingerprint density at radius 3 is 2.15 bits per heavy atom. The van der Waals surface area contributed by atoms with Gasteiger partial charge in [0, 0.05) is 50.4 Å². The maximum Gasteiger partial charge on any atom is 0.408 e. The van der Waals surface area contributed by atoms with Crippen molar-refractivity contribution in [3.05, 3.63) is 59.7 Å². The van der Waals surface area contributed by atoms with Gasteiger partial charge in [-0.2, -0.15) is 0 Å². The lowest BCUT2D eigenvalue weighted by atomic mass is 9.98. The highest BCUT2D eigenvalue weighted by Gasteiger charge is 2.50. The lowest BCUT2D eigenvalue weighted by Gasteiger charge is -2.34. The maximum atomic E-state index is 15.0. The predicted octanol–water partition coefficient (Wildman–Crippen LogP) is -3.11. The van der Waals surface area contributed by atoms with E-state index in [9.17, 15) is 64.5 Å². The standard InChI is InChI=1S/C50H72N8O21S/c1-24-20-58-40(41(24)65)45(69)52-19-29(60)17-31(53-49(72)76-50(3,4)5)42(66)54-37(25(2)59)46(70)57-21-30(61)18-32(57)43(67)55-38(35(64)15-26-11-12-33(62)36(16-26)77-80-79-78-73)44(68)56-39(47(58)71)34(63)13-14-51-28-22-74-48(75-23-28)27-9-7-6-8-10-27/h6-12,16,24-25,28-32,34-35,37-41,48,51,59-65,73H,13-15,17-23H2,1-5H3,(H,52,69)(H,53,72)(H,54,66)(H,55,67)(H,56,68)/t24-,25-,28?,29+,30+,31+,32+,34+,35-,37+,38+,39+,40+,41+,48?/m1/s1. The Kier molecular flexibility index (Phi) is 22.6. The number of amides is 7. The molecule has 0 radical (unpaired) electrons. The number of alkyl carbamates (subject to hydrolysis) is 1. The second-order valence-electron chi connectivity index (χ2n) is 21.1. The van der Waals surface area contributed by atoms with Crippen molar-refractivity contribution in [1.29, 1.82) is 0 Å². The van der Waals surface area contributed by atoms with Gasteiger partial charge in [0.25, 0.3) is 12.3 Å². The van der Waals surface area contributed by atoms with Gasteiger partial charge in [0.05, 0.1) is 55.9 Å². The number of β-amino-alcohol motifs (C(OH)–C–C–N with tert-alkyl or cyclic N) is 1. The minimum absolute atomic E-state index is 0.0285. The van der Waals surface area contributed by atoms with E-state index in [1.165, 1.54) is 39.8 Å². The molecule has 14 N–H and O–H groups in total. The van der Waals surface area contributed by atoms with Crippen LogP contribution < -0.4 is 36.1 Å². The lowest BCUT2D eigenvalue weighted by molar-refractivity contribution is -0.433. The first-order valence-corrected chi connectivity index (χ1v) is 26.5. The van der Waals surface area contributed by atoms with Gasteiger partial charge in [-0.25, -0.2) is 10.1 Å². The second kappa shape index (κ2) is 28.6. The number of aliphatic hydroxyl groups is 6. The monoisotopic (exact) mass is 1150 g/mol. The molecule has 2 aromatic carbocycles. The Bertz CT molecular complexity index is 2450. The van der Waals surface area contributed by atoms with Gasteiger partial charge in [-0.1, -0.05) is 52.7 Å². The van der Waals surface area contributed by atoms with Crippen LogP contribution in [0.25, 0.3) is 0 Å². The van der Waals surface area contributed by atoms with Crippen LogP contribution in [0.15, 0.2) is 48.5 Å². The first-order chi connectivity index (χ1) is 37.8. The Balaban J connectivity index is 1.37. The quantitative estimate of drug-likeness (QED) is 0.0363. The van der Waals surface area contributed by atoms with E-state index in [2.05, 4.69) is 41.3 Å². The summed E-state index contributed by atoms with van der Waals surface area (Å²) in [6.45, 7) is 6.04. The number of phenolic OH excluding ortho intramolecular Hbond substituents is 1. The molecular formula is C50H72N8O21S. The number of hydrogen-bond acceptors (Lipinski definition) is 23. The molecule has 4 aliphatic heterocycles. The largest absolute Gasteiger partial charge is 0.504 e. The van der Waals surface area contributed by atoms with Crippen LogP contribution in [-0.2, 0) is 58.8 Å². The summed E-state index contributed by atoms with van der Waals surface area (Å²) in [5.41, 5.74) is -0.164. The molecule has 0 aromatic heterocycles. The van der Waals surface area contributed by atoms with Crippen LogP contribution in [0.5, 0.6) is 11.5 Å². The molecule has 4 aliphatic rings. The van der Waals surface area contributed by atoms with Crippen LogP contribution in [0.1, 0.15) is 71.3 Å². The number of hydrogen-bond donors (Lipinski definition) is 14. The number of carbonyl (C=O) groups excluding carboxylic acids is 7. The zero-order valence-corrected chi connectivity index (χ0v) is 45.4. The highest BCUT2D eigenvalue weighted by molar-refractivity contribution is 7.90. The van der Waals surface area contributed by atoms with Crippen LogP contribution in [0.4, 0.5) is 4.79 Å². The predicted molar refractivity (Wildman–Crippen MR) is 275 cm³/mol. The molecular weight excluding hydrogens is 1080 g/mol. The molecule has 444 valence electrons. The SMILES string of the molecule is C[C@@H]1CN2C(=O)[C@H]([C@@H](O)CCNC3COC(c4ccccc4)OC3)NC(=O)[C@H]([C@H](O)Cc3ccc(O)c(OSOOO)c3)NC(=O)[C@@H]3C[C@H](O)CN3C(=O)[C@H]([C@@H](C)O)NC(=O)[C@@H](NC(=O)OC(C)(C)C)C[C@H](O)CNC(=O)[C@@H]2[C@H]1O. The third-order valence-electron chi connectivity index (χ3n) is 13.6. The van der Waals surface area contributed by atoms with E-state index in [0.29, 0.717) is 0 Å². The van der Waals surface area contributed by atoms with Gasteiger partial charge >= 0.3 is 6.09 Å². The molecule has 7 amide bonds. The van der Waals surface area contributed by atoms with Gasteiger partial charge < -0.3 is 95.8 Å². The first-order valence-electron chi connectivity index (χ1n) is 25.9. The number of fused-ring (bicyclic) bond motifs is 2. The molecule has 13 atom stereocenters. The van der Waals surface area contributed by atoms with Crippen molar-refractivity contribution in [3.8, 4) is 11.5 Å². The normalized spacial score (nSPS) is 29.9. The lowest BCUT2D eigenvalue weighted by Crippen LogP contribution is -2.64. The molecule has 2 aromatic rings. The summed E-state index contributed by atoms with van der Waals surface area (Å²) in [7, 11) is 0. The fraction of sp³-hybridized carbons (Fsp3) is 0.620. The first kappa shape index (κ1) is 63.2. The topological polar surface area (TPSA) is 415 Å². The van der Waals surface area contributed by atoms with E-state index in [0.717, 1.165) is 28.4 Å². The van der Waals surface area contributed by atoms with Crippen molar-refractivity contribution in [2.75, 3.05) is 39.4 Å². The molecule has 0 bridgehead atoms. The third-order valence-corrected chi connectivity index (χ3v) is 14.0. The molecule has 6 rings (SSSR count). The van der Waals surface area contributed by atoms with Gasteiger partial charge in [0.1, 0.15) is 41.9 Å². The van der Waals surface area contributed by atoms with Crippen molar-refractivity contribution in [1.82, 2.24) is 41.7 Å². The number of rotatable bonds is 15. The molecule has 0 spiro atoms. The maximum absolute atomic E-state index is 15.0. The molecule has 0 unspecified atom stereocenters. The molecule has 0 aliphatic carbocycles. The Labute approximate surface area is 464 Å². The van der Waals surface area contributed by atoms with Gasteiger partial charge in [0.15, 0.2) is 17.8 Å². The summed E-state index contributed by atoms with van der Waals surface area (Å²) in [6, 6.07) is 1.24. The smallest absolute Gasteiger partial charge is 0.408 e. The van der Waals surface area contributed by atoms with E-state index in [1.807, 2.05) is 30.3 Å². The number of aliphatic hydroxyl groups excluding tert-OH is 6. The van der Waals surface area contributed by atoms with Crippen LogP contribution >= 0.6 is 12.3 Å². The zero-order valence-electron chi connectivity index (χ0n) is 44.5. The molecule has 4 fully saturated rings. The van der Waals surface area contributed by atoms with Crippen molar-refractivity contribution in [2.45, 2.75) is 151 Å². The highest BCUT2D eigenvalue weighted by Crippen LogP contribution is 2.32. The van der Waals surface area contributed by atoms with Gasteiger partial charge in [0.2, 0.25) is 35.4 Å². The van der Waals surface area contributed by atoms with Crippen molar-refractivity contribution in [3.63, 3.8) is 0 Å². The molecule has 30 heteroatoms. The number of aromatic hydroxyl groups is 1. The van der Waals surface area contributed by atoms with Crippen LogP contribution in [0.3, 0.4) is 0 Å². The molecule has 4 saturated heterocycles. The summed E-state index contributed by atoms with van der Waals surface area (Å²) in [5, 5.41) is 106. The van der Waals surface area contributed by atoms with E-state index in [1.54, 1.807) is 0 Å². The fourth-order valence-electron chi connectivity index (χ4n) is 9.57. The summed E-state index contributed by atoms with van der Waals surface area (Å²) >= 11 is 0.0820.